The average molecular weight is 305 g/mol. The SMILES string of the molecule is CC(CO)C(C)NC(=O)c1ccc(N2CCCCCC2)nc1. The maximum absolute atomic E-state index is 12.2. The molecule has 2 unspecified atom stereocenters. The Bertz CT molecular complexity index is 467. The fourth-order valence-corrected chi connectivity index (χ4v) is 2.60. The predicted molar refractivity (Wildman–Crippen MR) is 88.1 cm³/mol. The van der Waals surface area contributed by atoms with E-state index in [9.17, 15) is 4.79 Å². The summed E-state index contributed by atoms with van der Waals surface area (Å²) in [5, 5.41) is 12.0. The molecule has 1 aromatic rings. The van der Waals surface area contributed by atoms with Crippen molar-refractivity contribution < 1.29 is 9.90 Å². The van der Waals surface area contributed by atoms with Crippen LogP contribution in [0.3, 0.4) is 0 Å². The van der Waals surface area contributed by atoms with Crippen molar-refractivity contribution in [1.29, 1.82) is 0 Å². The van der Waals surface area contributed by atoms with E-state index in [0.29, 0.717) is 5.56 Å². The van der Waals surface area contributed by atoms with E-state index in [1.54, 1.807) is 6.20 Å². The fourth-order valence-electron chi connectivity index (χ4n) is 2.60. The summed E-state index contributed by atoms with van der Waals surface area (Å²) in [6.07, 6.45) is 6.64. The molecule has 2 rings (SSSR count). The van der Waals surface area contributed by atoms with Crippen molar-refractivity contribution in [1.82, 2.24) is 10.3 Å². The van der Waals surface area contributed by atoms with Gasteiger partial charge in [0.05, 0.1) is 5.56 Å². The van der Waals surface area contributed by atoms with Gasteiger partial charge in [-0.3, -0.25) is 4.79 Å². The first-order valence-corrected chi connectivity index (χ1v) is 8.24. The van der Waals surface area contributed by atoms with E-state index in [4.69, 9.17) is 5.11 Å². The molecule has 0 aliphatic carbocycles. The third-order valence-electron chi connectivity index (χ3n) is 4.44. The van der Waals surface area contributed by atoms with Crippen LogP contribution in [0, 0.1) is 5.92 Å². The lowest BCUT2D eigenvalue weighted by Gasteiger charge is -2.22. The summed E-state index contributed by atoms with van der Waals surface area (Å²) in [6, 6.07) is 3.70. The second kappa shape index (κ2) is 8.13. The number of hydrogen-bond acceptors (Lipinski definition) is 4. The number of rotatable bonds is 5. The van der Waals surface area contributed by atoms with Crippen molar-refractivity contribution in [3.05, 3.63) is 23.9 Å². The van der Waals surface area contributed by atoms with Crippen LogP contribution in [0.25, 0.3) is 0 Å². The minimum atomic E-state index is -0.136. The van der Waals surface area contributed by atoms with Gasteiger partial charge in [0.2, 0.25) is 0 Å². The average Bonchev–Trinajstić information content (AvgIpc) is 2.83. The van der Waals surface area contributed by atoms with Crippen LogP contribution in [-0.4, -0.2) is 41.7 Å². The first kappa shape index (κ1) is 16.7. The fraction of sp³-hybridized carbons (Fsp3) is 0.647. The topological polar surface area (TPSA) is 65.5 Å². The van der Waals surface area contributed by atoms with Gasteiger partial charge in [-0.25, -0.2) is 4.98 Å². The Kier molecular flexibility index (Phi) is 6.19. The summed E-state index contributed by atoms with van der Waals surface area (Å²) >= 11 is 0. The zero-order valence-electron chi connectivity index (χ0n) is 13.6. The molecule has 2 heterocycles. The van der Waals surface area contributed by atoms with Gasteiger partial charge in [-0.05, 0) is 37.8 Å². The number of anilines is 1. The smallest absolute Gasteiger partial charge is 0.253 e. The highest BCUT2D eigenvalue weighted by molar-refractivity contribution is 5.94. The van der Waals surface area contributed by atoms with E-state index in [2.05, 4.69) is 15.2 Å². The van der Waals surface area contributed by atoms with Crippen LogP contribution in [0.2, 0.25) is 0 Å². The zero-order valence-corrected chi connectivity index (χ0v) is 13.6. The van der Waals surface area contributed by atoms with Crippen molar-refractivity contribution >= 4 is 11.7 Å². The quantitative estimate of drug-likeness (QED) is 0.875. The molecule has 1 saturated heterocycles. The van der Waals surface area contributed by atoms with Gasteiger partial charge in [0.25, 0.3) is 5.91 Å². The molecule has 0 saturated carbocycles. The number of carbonyl (C=O) groups excluding carboxylic acids is 1. The van der Waals surface area contributed by atoms with E-state index in [1.165, 1.54) is 25.7 Å². The van der Waals surface area contributed by atoms with Crippen LogP contribution in [0.1, 0.15) is 49.9 Å². The summed E-state index contributed by atoms with van der Waals surface area (Å²) in [5.41, 5.74) is 0.565. The van der Waals surface area contributed by atoms with Crippen molar-refractivity contribution in [2.45, 2.75) is 45.6 Å². The molecule has 5 nitrogen and oxygen atoms in total. The Balaban J connectivity index is 1.97. The molecule has 0 aromatic carbocycles. The number of hydrogen-bond donors (Lipinski definition) is 2. The standard InChI is InChI=1S/C17H27N3O2/c1-13(12-21)14(2)19-17(22)15-7-8-16(18-11-15)20-9-5-3-4-6-10-20/h7-8,11,13-14,21H,3-6,9-10,12H2,1-2H3,(H,19,22). The maximum Gasteiger partial charge on any atom is 0.253 e. The predicted octanol–water partition coefficient (Wildman–Crippen LogP) is 2.21. The summed E-state index contributed by atoms with van der Waals surface area (Å²) in [7, 11) is 0. The van der Waals surface area contributed by atoms with Gasteiger partial charge in [-0.1, -0.05) is 19.8 Å². The van der Waals surface area contributed by atoms with Crippen molar-refractivity contribution in [2.24, 2.45) is 5.92 Å². The molecule has 22 heavy (non-hydrogen) atoms. The first-order chi connectivity index (χ1) is 10.6. The van der Waals surface area contributed by atoms with Crippen LogP contribution >= 0.6 is 0 Å². The number of pyridine rings is 1. The summed E-state index contributed by atoms with van der Waals surface area (Å²) in [5.74, 6) is 0.853. The molecular formula is C17H27N3O2. The van der Waals surface area contributed by atoms with Crippen molar-refractivity contribution in [2.75, 3.05) is 24.6 Å². The molecule has 1 aliphatic heterocycles. The van der Waals surface area contributed by atoms with Gasteiger partial charge in [0, 0.05) is 31.9 Å². The zero-order chi connectivity index (χ0) is 15.9. The Morgan fingerprint density at radius 1 is 1.27 bits per heavy atom. The van der Waals surface area contributed by atoms with E-state index in [0.717, 1.165) is 18.9 Å². The number of amides is 1. The highest BCUT2D eigenvalue weighted by atomic mass is 16.3. The van der Waals surface area contributed by atoms with Gasteiger partial charge in [0.15, 0.2) is 0 Å². The molecule has 2 atom stereocenters. The molecule has 2 N–H and O–H groups in total. The van der Waals surface area contributed by atoms with Crippen LogP contribution in [0.4, 0.5) is 5.82 Å². The van der Waals surface area contributed by atoms with Gasteiger partial charge >= 0.3 is 0 Å². The van der Waals surface area contributed by atoms with Gasteiger partial charge in [-0.2, -0.15) is 0 Å². The molecule has 5 heteroatoms. The third kappa shape index (κ3) is 4.44. The molecular weight excluding hydrogens is 278 g/mol. The third-order valence-corrected chi connectivity index (χ3v) is 4.44. The van der Waals surface area contributed by atoms with Crippen LogP contribution < -0.4 is 10.2 Å². The lowest BCUT2D eigenvalue weighted by Crippen LogP contribution is -2.38. The van der Waals surface area contributed by atoms with Crippen LogP contribution in [-0.2, 0) is 0 Å². The largest absolute Gasteiger partial charge is 0.396 e. The second-order valence-electron chi connectivity index (χ2n) is 6.23. The number of aliphatic hydroxyl groups excluding tert-OH is 1. The highest BCUT2D eigenvalue weighted by Crippen LogP contribution is 2.17. The van der Waals surface area contributed by atoms with Crippen molar-refractivity contribution in [3.8, 4) is 0 Å². The second-order valence-corrected chi connectivity index (χ2v) is 6.23. The van der Waals surface area contributed by atoms with Gasteiger partial charge in [0.1, 0.15) is 5.82 Å². The molecule has 0 bridgehead atoms. The normalized spacial score (nSPS) is 18.4. The number of carbonyl (C=O) groups is 1. The van der Waals surface area contributed by atoms with E-state index in [-0.39, 0.29) is 24.5 Å². The molecule has 1 fully saturated rings. The van der Waals surface area contributed by atoms with Crippen molar-refractivity contribution in [3.63, 3.8) is 0 Å². The lowest BCUT2D eigenvalue weighted by atomic mass is 10.0. The molecule has 1 aromatic heterocycles. The number of nitrogens with zero attached hydrogens (tertiary/aromatic N) is 2. The minimum Gasteiger partial charge on any atom is -0.396 e. The molecule has 0 radical (unpaired) electrons. The molecule has 1 aliphatic rings. The maximum atomic E-state index is 12.2. The van der Waals surface area contributed by atoms with E-state index in [1.807, 2.05) is 26.0 Å². The van der Waals surface area contributed by atoms with Gasteiger partial charge in [-0.15, -0.1) is 0 Å². The summed E-state index contributed by atoms with van der Waals surface area (Å²) in [6.45, 7) is 5.96. The number of nitrogens with one attached hydrogen (secondary N) is 1. The molecule has 122 valence electrons. The van der Waals surface area contributed by atoms with E-state index >= 15 is 0 Å². The Morgan fingerprint density at radius 3 is 2.50 bits per heavy atom. The Labute approximate surface area is 132 Å². The summed E-state index contributed by atoms with van der Waals surface area (Å²) in [4.78, 5) is 18.9. The van der Waals surface area contributed by atoms with Crippen LogP contribution in [0.15, 0.2) is 18.3 Å². The lowest BCUT2D eigenvalue weighted by molar-refractivity contribution is 0.0916. The van der Waals surface area contributed by atoms with Crippen LogP contribution in [0.5, 0.6) is 0 Å². The summed E-state index contributed by atoms with van der Waals surface area (Å²) < 4.78 is 0. The monoisotopic (exact) mass is 305 g/mol. The molecule has 1 amide bonds. The first-order valence-electron chi connectivity index (χ1n) is 8.24. The number of aliphatic hydroxyl groups is 1. The Morgan fingerprint density at radius 2 is 1.95 bits per heavy atom. The Hall–Kier alpha value is -1.62. The minimum absolute atomic E-state index is 0.0354. The molecule has 0 spiro atoms. The number of aromatic nitrogens is 1. The van der Waals surface area contributed by atoms with Gasteiger partial charge < -0.3 is 15.3 Å². The van der Waals surface area contributed by atoms with E-state index < -0.39 is 0 Å². The highest BCUT2D eigenvalue weighted by Gasteiger charge is 2.16.